The van der Waals surface area contributed by atoms with Crippen LogP contribution in [0.2, 0.25) is 0 Å². The first-order valence-corrected chi connectivity index (χ1v) is 5.29. The van der Waals surface area contributed by atoms with Crippen LogP contribution in [0, 0.1) is 5.41 Å². The molecule has 1 saturated carbocycles. The predicted octanol–water partition coefficient (Wildman–Crippen LogP) is 1.85. The van der Waals surface area contributed by atoms with E-state index < -0.39 is 0 Å². The summed E-state index contributed by atoms with van der Waals surface area (Å²) in [5.74, 6) is 0. The van der Waals surface area contributed by atoms with Gasteiger partial charge in [0.05, 0.1) is 0 Å². The highest BCUT2D eigenvalue weighted by molar-refractivity contribution is 4.97. The van der Waals surface area contributed by atoms with Crippen molar-refractivity contribution in [1.82, 2.24) is 4.90 Å². The summed E-state index contributed by atoms with van der Waals surface area (Å²) in [7, 11) is 4.32. The quantitative estimate of drug-likeness (QED) is 0.709. The van der Waals surface area contributed by atoms with Gasteiger partial charge in [0.25, 0.3) is 0 Å². The average molecular weight is 184 g/mol. The molecule has 1 atom stereocenters. The molecule has 0 amide bonds. The molecule has 2 heteroatoms. The standard InChI is InChI=1S/C11H24N2/c1-10(2)6-5-7-11(8-10,9-12)13(3)4/h5-9,12H2,1-4H3. The van der Waals surface area contributed by atoms with Gasteiger partial charge in [0.2, 0.25) is 0 Å². The molecule has 2 N–H and O–H groups in total. The highest BCUT2D eigenvalue weighted by atomic mass is 15.2. The number of hydrogen-bond acceptors (Lipinski definition) is 2. The Hall–Kier alpha value is -0.0800. The van der Waals surface area contributed by atoms with Crippen molar-refractivity contribution in [3.8, 4) is 0 Å². The van der Waals surface area contributed by atoms with Gasteiger partial charge in [-0.15, -0.1) is 0 Å². The van der Waals surface area contributed by atoms with Gasteiger partial charge in [0.15, 0.2) is 0 Å². The topological polar surface area (TPSA) is 29.3 Å². The van der Waals surface area contributed by atoms with E-state index in [-0.39, 0.29) is 5.54 Å². The second-order valence-corrected chi connectivity index (χ2v) is 5.52. The van der Waals surface area contributed by atoms with Crippen molar-refractivity contribution in [3.63, 3.8) is 0 Å². The van der Waals surface area contributed by atoms with Crippen molar-refractivity contribution in [2.24, 2.45) is 11.1 Å². The summed E-state index contributed by atoms with van der Waals surface area (Å²) < 4.78 is 0. The molecular formula is C11H24N2. The lowest BCUT2D eigenvalue weighted by Gasteiger charge is -2.48. The zero-order valence-corrected chi connectivity index (χ0v) is 9.56. The van der Waals surface area contributed by atoms with Gasteiger partial charge in [-0.2, -0.15) is 0 Å². The van der Waals surface area contributed by atoms with Gasteiger partial charge in [0.1, 0.15) is 0 Å². The minimum Gasteiger partial charge on any atom is -0.329 e. The number of rotatable bonds is 2. The van der Waals surface area contributed by atoms with E-state index >= 15 is 0 Å². The zero-order chi connectivity index (χ0) is 10.1. The van der Waals surface area contributed by atoms with E-state index in [1.165, 1.54) is 25.7 Å². The molecule has 0 spiro atoms. The predicted molar refractivity (Wildman–Crippen MR) is 57.7 cm³/mol. The second kappa shape index (κ2) is 3.58. The van der Waals surface area contributed by atoms with E-state index in [1.807, 2.05) is 0 Å². The van der Waals surface area contributed by atoms with E-state index in [0.717, 1.165) is 6.54 Å². The molecule has 0 radical (unpaired) electrons. The molecule has 2 nitrogen and oxygen atoms in total. The summed E-state index contributed by atoms with van der Waals surface area (Å²) in [6, 6.07) is 0. The van der Waals surface area contributed by atoms with Gasteiger partial charge < -0.3 is 10.6 Å². The molecule has 1 aliphatic rings. The first kappa shape index (κ1) is 11.0. The summed E-state index contributed by atoms with van der Waals surface area (Å²) in [6.07, 6.45) is 5.18. The maximum absolute atomic E-state index is 5.92. The third-order valence-electron chi connectivity index (χ3n) is 3.63. The van der Waals surface area contributed by atoms with E-state index in [2.05, 4.69) is 32.8 Å². The van der Waals surface area contributed by atoms with Crippen LogP contribution in [0.4, 0.5) is 0 Å². The monoisotopic (exact) mass is 184 g/mol. The van der Waals surface area contributed by atoms with Crippen LogP contribution in [0.5, 0.6) is 0 Å². The first-order valence-electron chi connectivity index (χ1n) is 5.29. The highest BCUT2D eigenvalue weighted by Crippen LogP contribution is 2.42. The summed E-state index contributed by atoms with van der Waals surface area (Å²) in [6.45, 7) is 5.52. The fourth-order valence-electron chi connectivity index (χ4n) is 2.70. The average Bonchev–Trinajstić information content (AvgIpc) is 2.02. The summed E-state index contributed by atoms with van der Waals surface area (Å²) in [5, 5.41) is 0. The Morgan fingerprint density at radius 2 is 1.85 bits per heavy atom. The Morgan fingerprint density at radius 3 is 2.15 bits per heavy atom. The maximum atomic E-state index is 5.92. The largest absolute Gasteiger partial charge is 0.329 e. The van der Waals surface area contributed by atoms with Crippen LogP contribution in [0.25, 0.3) is 0 Å². The van der Waals surface area contributed by atoms with Crippen LogP contribution in [-0.4, -0.2) is 31.1 Å². The Kier molecular flexibility index (Phi) is 3.03. The lowest BCUT2D eigenvalue weighted by Crippen LogP contribution is -2.54. The van der Waals surface area contributed by atoms with Crippen molar-refractivity contribution >= 4 is 0 Å². The molecule has 0 bridgehead atoms. The Balaban J connectivity index is 2.76. The van der Waals surface area contributed by atoms with Crippen molar-refractivity contribution in [1.29, 1.82) is 0 Å². The lowest BCUT2D eigenvalue weighted by atomic mass is 9.67. The molecule has 0 aromatic heterocycles. The molecule has 0 heterocycles. The van der Waals surface area contributed by atoms with Gasteiger partial charge in [-0.3, -0.25) is 0 Å². The van der Waals surface area contributed by atoms with E-state index in [0.29, 0.717) is 5.41 Å². The van der Waals surface area contributed by atoms with E-state index in [9.17, 15) is 0 Å². The van der Waals surface area contributed by atoms with Gasteiger partial charge in [-0.25, -0.2) is 0 Å². The first-order chi connectivity index (χ1) is 5.92. The highest BCUT2D eigenvalue weighted by Gasteiger charge is 2.40. The van der Waals surface area contributed by atoms with Gasteiger partial charge >= 0.3 is 0 Å². The SMILES string of the molecule is CN(C)C1(CN)CCCC(C)(C)C1. The molecule has 0 aromatic rings. The maximum Gasteiger partial charge on any atom is 0.0330 e. The van der Waals surface area contributed by atoms with Crippen molar-refractivity contribution in [3.05, 3.63) is 0 Å². The van der Waals surface area contributed by atoms with Gasteiger partial charge in [0, 0.05) is 12.1 Å². The summed E-state index contributed by atoms with van der Waals surface area (Å²) >= 11 is 0. The fraction of sp³-hybridized carbons (Fsp3) is 1.00. The molecule has 1 rings (SSSR count). The van der Waals surface area contributed by atoms with E-state index in [4.69, 9.17) is 5.73 Å². The Morgan fingerprint density at radius 1 is 1.23 bits per heavy atom. The molecule has 78 valence electrons. The van der Waals surface area contributed by atoms with Crippen molar-refractivity contribution in [2.75, 3.05) is 20.6 Å². The van der Waals surface area contributed by atoms with Crippen molar-refractivity contribution in [2.45, 2.75) is 45.1 Å². The Labute approximate surface area is 82.5 Å². The third-order valence-corrected chi connectivity index (χ3v) is 3.63. The van der Waals surface area contributed by atoms with Crippen LogP contribution < -0.4 is 5.73 Å². The molecule has 13 heavy (non-hydrogen) atoms. The van der Waals surface area contributed by atoms with E-state index in [1.54, 1.807) is 0 Å². The molecule has 1 aliphatic carbocycles. The smallest absolute Gasteiger partial charge is 0.0330 e. The third kappa shape index (κ3) is 2.23. The Bertz CT molecular complexity index is 175. The molecule has 0 saturated heterocycles. The fourth-order valence-corrected chi connectivity index (χ4v) is 2.70. The summed E-state index contributed by atoms with van der Waals surface area (Å²) in [5.41, 5.74) is 6.66. The second-order valence-electron chi connectivity index (χ2n) is 5.52. The number of nitrogens with two attached hydrogens (primary N) is 1. The molecule has 0 aromatic carbocycles. The van der Waals surface area contributed by atoms with Crippen LogP contribution in [-0.2, 0) is 0 Å². The van der Waals surface area contributed by atoms with Gasteiger partial charge in [-0.05, 0) is 38.8 Å². The van der Waals surface area contributed by atoms with Crippen LogP contribution in [0.1, 0.15) is 39.5 Å². The van der Waals surface area contributed by atoms with Crippen LogP contribution in [0.3, 0.4) is 0 Å². The normalized spacial score (nSPS) is 33.7. The van der Waals surface area contributed by atoms with Gasteiger partial charge in [-0.1, -0.05) is 20.3 Å². The van der Waals surface area contributed by atoms with Crippen LogP contribution in [0.15, 0.2) is 0 Å². The number of likely N-dealkylation sites (N-methyl/N-ethyl adjacent to an activating group) is 1. The van der Waals surface area contributed by atoms with Crippen molar-refractivity contribution < 1.29 is 0 Å². The molecule has 1 unspecified atom stereocenters. The minimum absolute atomic E-state index is 0.266. The zero-order valence-electron chi connectivity index (χ0n) is 9.56. The van der Waals surface area contributed by atoms with Crippen LogP contribution >= 0.6 is 0 Å². The summed E-state index contributed by atoms with van der Waals surface area (Å²) in [4.78, 5) is 2.33. The molecular weight excluding hydrogens is 160 g/mol. The lowest BCUT2D eigenvalue weighted by molar-refractivity contribution is 0.0445. The molecule has 0 aliphatic heterocycles. The number of nitrogens with zero attached hydrogens (tertiary/aromatic N) is 1. The number of hydrogen-bond donors (Lipinski definition) is 1. The minimum atomic E-state index is 0.266. The molecule has 1 fully saturated rings.